The molecule has 0 aliphatic carbocycles. The summed E-state index contributed by atoms with van der Waals surface area (Å²) < 4.78 is 13.1. The smallest absolute Gasteiger partial charge is 0.223 e. The summed E-state index contributed by atoms with van der Waals surface area (Å²) in [4.78, 5) is 8.12. The Kier molecular flexibility index (Phi) is 2.26. The average Bonchev–Trinajstić information content (AvgIpc) is 2.80. The van der Waals surface area contributed by atoms with Crippen molar-refractivity contribution in [2.75, 3.05) is 0 Å². The van der Waals surface area contributed by atoms with Crippen molar-refractivity contribution in [1.82, 2.24) is 20.2 Å². The van der Waals surface area contributed by atoms with E-state index in [1.165, 1.54) is 12.1 Å². The van der Waals surface area contributed by atoms with E-state index < -0.39 is 0 Å². The van der Waals surface area contributed by atoms with Crippen molar-refractivity contribution >= 4 is 22.5 Å². The van der Waals surface area contributed by atoms with Gasteiger partial charge in [0.05, 0.1) is 11.2 Å². The fraction of sp³-hybridized carbons (Fsp3) is 0. The number of nitrogens with zero attached hydrogens (tertiary/aromatic N) is 3. The van der Waals surface area contributed by atoms with E-state index in [-0.39, 0.29) is 11.1 Å². The highest BCUT2D eigenvalue weighted by Crippen LogP contribution is 2.26. The Morgan fingerprint density at radius 3 is 2.82 bits per heavy atom. The molecule has 0 atom stereocenters. The molecular weight excluding hydrogens is 243 g/mol. The third-order valence-corrected chi connectivity index (χ3v) is 2.56. The minimum absolute atomic E-state index is 0.0766. The summed E-state index contributed by atoms with van der Waals surface area (Å²) in [7, 11) is 0. The zero-order valence-electron chi connectivity index (χ0n) is 8.48. The van der Waals surface area contributed by atoms with Crippen LogP contribution in [0.25, 0.3) is 22.3 Å². The largest absolute Gasteiger partial charge is 0.276 e. The molecule has 0 spiro atoms. The van der Waals surface area contributed by atoms with Crippen molar-refractivity contribution in [2.24, 2.45) is 0 Å². The normalized spacial score (nSPS) is 10.9. The molecule has 3 rings (SSSR count). The lowest BCUT2D eigenvalue weighted by Gasteiger charge is -2.03. The lowest BCUT2D eigenvalue weighted by Crippen LogP contribution is -1.92. The zero-order valence-corrected chi connectivity index (χ0v) is 9.24. The minimum Gasteiger partial charge on any atom is -0.276 e. The summed E-state index contributed by atoms with van der Waals surface area (Å²) in [6.07, 6.45) is 1.61. The van der Waals surface area contributed by atoms with E-state index in [0.29, 0.717) is 16.9 Å². The summed E-state index contributed by atoms with van der Waals surface area (Å²) in [6, 6.07) is 6.07. The number of fused-ring (bicyclic) bond motifs is 1. The number of aromatic nitrogens is 4. The van der Waals surface area contributed by atoms with Crippen LogP contribution in [0.5, 0.6) is 0 Å². The fourth-order valence-electron chi connectivity index (χ4n) is 1.67. The molecule has 0 fully saturated rings. The second-order valence-electron chi connectivity index (χ2n) is 3.47. The maximum atomic E-state index is 13.1. The fourth-order valence-corrected chi connectivity index (χ4v) is 1.84. The monoisotopic (exact) mass is 248 g/mol. The van der Waals surface area contributed by atoms with Gasteiger partial charge in [-0.15, -0.1) is 0 Å². The molecule has 0 saturated heterocycles. The molecule has 2 aromatic heterocycles. The molecule has 1 N–H and O–H groups in total. The average molecular weight is 249 g/mol. The van der Waals surface area contributed by atoms with E-state index in [1.54, 1.807) is 18.3 Å². The van der Waals surface area contributed by atoms with Gasteiger partial charge in [-0.3, -0.25) is 5.10 Å². The maximum absolute atomic E-state index is 13.1. The van der Waals surface area contributed by atoms with E-state index in [1.807, 2.05) is 0 Å². The number of rotatable bonds is 1. The van der Waals surface area contributed by atoms with Gasteiger partial charge < -0.3 is 0 Å². The first-order valence-corrected chi connectivity index (χ1v) is 5.24. The first kappa shape index (κ1) is 10.2. The van der Waals surface area contributed by atoms with E-state index in [0.717, 1.165) is 5.39 Å². The SMILES string of the molecule is Fc1ccc2c(-c3ccn[nH]3)nc(Cl)nc2c1. The summed E-state index contributed by atoms with van der Waals surface area (Å²) in [5, 5.41) is 7.44. The standard InChI is InChI=1S/C11H6ClFN4/c12-11-15-9-5-6(13)1-2-7(9)10(16-11)8-3-4-14-17-8/h1-5H,(H,14,17). The summed E-state index contributed by atoms with van der Waals surface area (Å²) in [6.45, 7) is 0. The molecule has 84 valence electrons. The van der Waals surface area contributed by atoms with Crippen LogP contribution in [-0.4, -0.2) is 20.2 Å². The Hall–Kier alpha value is -2.01. The predicted molar refractivity (Wildman–Crippen MR) is 62.1 cm³/mol. The highest BCUT2D eigenvalue weighted by atomic mass is 35.5. The van der Waals surface area contributed by atoms with Gasteiger partial charge >= 0.3 is 0 Å². The molecule has 1 aromatic carbocycles. The molecule has 0 saturated carbocycles. The molecule has 3 aromatic rings. The molecular formula is C11H6ClFN4. The van der Waals surface area contributed by atoms with E-state index in [9.17, 15) is 4.39 Å². The van der Waals surface area contributed by atoms with Crippen LogP contribution in [0.1, 0.15) is 0 Å². The van der Waals surface area contributed by atoms with Crippen LogP contribution in [0, 0.1) is 5.82 Å². The number of hydrogen-bond donors (Lipinski definition) is 1. The number of benzene rings is 1. The number of aromatic amines is 1. The highest BCUT2D eigenvalue weighted by Gasteiger charge is 2.10. The minimum atomic E-state index is -0.358. The van der Waals surface area contributed by atoms with E-state index in [4.69, 9.17) is 11.6 Å². The third kappa shape index (κ3) is 1.74. The molecule has 2 heterocycles. The molecule has 0 aliphatic heterocycles. The molecule has 0 radical (unpaired) electrons. The zero-order chi connectivity index (χ0) is 11.8. The number of nitrogens with one attached hydrogen (secondary N) is 1. The van der Waals surface area contributed by atoms with Crippen LogP contribution in [0.4, 0.5) is 4.39 Å². The van der Waals surface area contributed by atoms with Gasteiger partial charge in [0.1, 0.15) is 11.5 Å². The Bertz CT molecular complexity index is 676. The molecule has 17 heavy (non-hydrogen) atoms. The van der Waals surface area contributed by atoms with E-state index >= 15 is 0 Å². The van der Waals surface area contributed by atoms with Gasteiger partial charge in [0.25, 0.3) is 0 Å². The summed E-state index contributed by atoms with van der Waals surface area (Å²) in [5.74, 6) is -0.358. The molecule has 0 aliphatic rings. The highest BCUT2D eigenvalue weighted by molar-refractivity contribution is 6.28. The van der Waals surface area contributed by atoms with Gasteiger partial charge in [0.15, 0.2) is 0 Å². The molecule has 4 nitrogen and oxygen atoms in total. The molecule has 0 bridgehead atoms. The van der Waals surface area contributed by atoms with Crippen LogP contribution in [-0.2, 0) is 0 Å². The van der Waals surface area contributed by atoms with E-state index in [2.05, 4.69) is 20.2 Å². The molecule has 0 amide bonds. The number of halogens is 2. The first-order valence-electron chi connectivity index (χ1n) is 4.86. The second-order valence-corrected chi connectivity index (χ2v) is 3.81. The summed E-state index contributed by atoms with van der Waals surface area (Å²) >= 11 is 5.81. The van der Waals surface area contributed by atoms with Crippen LogP contribution >= 0.6 is 11.6 Å². The van der Waals surface area contributed by atoms with Gasteiger partial charge in [-0.25, -0.2) is 14.4 Å². The lowest BCUT2D eigenvalue weighted by molar-refractivity contribution is 0.629. The third-order valence-electron chi connectivity index (χ3n) is 2.39. The van der Waals surface area contributed by atoms with Crippen molar-refractivity contribution in [1.29, 1.82) is 0 Å². The van der Waals surface area contributed by atoms with Gasteiger partial charge in [0.2, 0.25) is 5.28 Å². The maximum Gasteiger partial charge on any atom is 0.223 e. The van der Waals surface area contributed by atoms with Crippen molar-refractivity contribution < 1.29 is 4.39 Å². The van der Waals surface area contributed by atoms with Gasteiger partial charge in [-0.1, -0.05) is 0 Å². The van der Waals surface area contributed by atoms with Crippen LogP contribution in [0.3, 0.4) is 0 Å². The summed E-state index contributed by atoms with van der Waals surface area (Å²) in [5.41, 5.74) is 1.79. The second kappa shape index (κ2) is 3.78. The molecule has 6 heteroatoms. The molecule has 0 unspecified atom stereocenters. The number of H-pyrrole nitrogens is 1. The van der Waals surface area contributed by atoms with Crippen LogP contribution < -0.4 is 0 Å². The Morgan fingerprint density at radius 1 is 1.18 bits per heavy atom. The van der Waals surface area contributed by atoms with Crippen molar-refractivity contribution in [3.8, 4) is 11.4 Å². The quantitative estimate of drug-likeness (QED) is 0.674. The van der Waals surface area contributed by atoms with Gasteiger partial charge in [-0.2, -0.15) is 5.10 Å². The van der Waals surface area contributed by atoms with Crippen LogP contribution in [0.2, 0.25) is 5.28 Å². The van der Waals surface area contributed by atoms with Crippen LogP contribution in [0.15, 0.2) is 30.5 Å². The van der Waals surface area contributed by atoms with Crippen molar-refractivity contribution in [2.45, 2.75) is 0 Å². The topological polar surface area (TPSA) is 54.5 Å². The Labute approximate surface area is 100 Å². The Morgan fingerprint density at radius 2 is 2.06 bits per heavy atom. The lowest BCUT2D eigenvalue weighted by atomic mass is 10.1. The number of hydrogen-bond acceptors (Lipinski definition) is 3. The van der Waals surface area contributed by atoms with Crippen molar-refractivity contribution in [3.63, 3.8) is 0 Å². The van der Waals surface area contributed by atoms with Crippen molar-refractivity contribution in [3.05, 3.63) is 41.6 Å². The Balaban J connectivity index is 2.38. The van der Waals surface area contributed by atoms with Gasteiger partial charge in [-0.05, 0) is 29.8 Å². The predicted octanol–water partition coefficient (Wildman–Crippen LogP) is 2.81. The van der Waals surface area contributed by atoms with Gasteiger partial charge in [0, 0.05) is 17.6 Å². The first-order chi connectivity index (χ1) is 8.24.